The molecule has 2 aliphatic rings. The molecule has 0 bridgehead atoms. The summed E-state index contributed by atoms with van der Waals surface area (Å²) in [5.41, 5.74) is 0.832. The monoisotopic (exact) mass is 369 g/mol. The zero-order valence-corrected chi connectivity index (χ0v) is 15.5. The number of nitrogens with one attached hydrogen (secondary N) is 1. The van der Waals surface area contributed by atoms with Gasteiger partial charge in [0.2, 0.25) is 0 Å². The minimum atomic E-state index is -0.638. The summed E-state index contributed by atoms with van der Waals surface area (Å²) in [6.45, 7) is 3.43. The highest BCUT2D eigenvalue weighted by atomic mass is 16.5. The first-order chi connectivity index (χ1) is 13.0. The summed E-state index contributed by atoms with van der Waals surface area (Å²) in [4.78, 5) is 35.4. The van der Waals surface area contributed by atoms with Crippen molar-refractivity contribution in [3.8, 4) is 0 Å². The van der Waals surface area contributed by atoms with Crippen LogP contribution in [-0.4, -0.2) is 57.5 Å². The Morgan fingerprint density at radius 1 is 1.26 bits per heavy atom. The normalized spacial score (nSPS) is 21.0. The van der Waals surface area contributed by atoms with Crippen molar-refractivity contribution in [3.05, 3.63) is 47.8 Å². The van der Waals surface area contributed by atoms with Crippen molar-refractivity contribution in [2.45, 2.75) is 38.0 Å². The van der Waals surface area contributed by atoms with Crippen LogP contribution >= 0.6 is 0 Å². The predicted octanol–water partition coefficient (Wildman–Crippen LogP) is 0.863. The van der Waals surface area contributed by atoms with Crippen LogP contribution in [0.2, 0.25) is 0 Å². The number of imidazole rings is 1. The molecule has 0 aliphatic carbocycles. The van der Waals surface area contributed by atoms with Crippen molar-refractivity contribution < 1.29 is 14.3 Å². The molecule has 1 spiro atoms. The molecular weight excluding hydrogens is 346 g/mol. The summed E-state index contributed by atoms with van der Waals surface area (Å²) < 4.78 is 8.25. The number of likely N-dealkylation sites (N-methyl/N-ethyl adjacent to an activating group) is 1. The first-order valence-electron chi connectivity index (χ1n) is 9.15. The molecule has 2 aromatic heterocycles. The Morgan fingerprint density at radius 2 is 2.04 bits per heavy atom. The van der Waals surface area contributed by atoms with E-state index in [1.54, 1.807) is 25.5 Å². The summed E-state index contributed by atoms with van der Waals surface area (Å²) in [6.07, 6.45) is 5.88. The van der Waals surface area contributed by atoms with Crippen molar-refractivity contribution >= 4 is 11.8 Å². The molecule has 1 fully saturated rings. The zero-order valence-electron chi connectivity index (χ0n) is 15.5. The van der Waals surface area contributed by atoms with Crippen LogP contribution in [0.15, 0.2) is 30.7 Å². The highest BCUT2D eigenvalue weighted by Crippen LogP contribution is 2.40. The number of piperidine rings is 1. The Balaban J connectivity index is 1.53. The SMILES string of the molecule is CNC(=O)[C@@H]1Cn2ccnc2C2(CCN(C(=O)c3ccc(C)nc3)CC2)O1. The van der Waals surface area contributed by atoms with Gasteiger partial charge in [-0.2, -0.15) is 0 Å². The summed E-state index contributed by atoms with van der Waals surface area (Å²) in [5.74, 6) is 0.670. The summed E-state index contributed by atoms with van der Waals surface area (Å²) >= 11 is 0. The number of likely N-dealkylation sites (tertiary alicyclic amines) is 1. The average molecular weight is 369 g/mol. The van der Waals surface area contributed by atoms with Gasteiger partial charge < -0.3 is 19.5 Å². The second-order valence-corrected chi connectivity index (χ2v) is 7.10. The molecule has 4 rings (SSSR count). The molecule has 4 heterocycles. The third-order valence-corrected chi connectivity index (χ3v) is 5.41. The fraction of sp³-hybridized carbons (Fsp3) is 0.474. The number of rotatable bonds is 2. The maximum Gasteiger partial charge on any atom is 0.255 e. The van der Waals surface area contributed by atoms with E-state index in [9.17, 15) is 9.59 Å². The second kappa shape index (κ2) is 6.77. The van der Waals surface area contributed by atoms with Gasteiger partial charge in [0.15, 0.2) is 6.10 Å². The van der Waals surface area contributed by atoms with Crippen molar-refractivity contribution in [2.75, 3.05) is 20.1 Å². The van der Waals surface area contributed by atoms with E-state index in [0.29, 0.717) is 38.0 Å². The predicted molar refractivity (Wildman–Crippen MR) is 97.0 cm³/mol. The molecular formula is C19H23N5O3. The molecule has 2 aromatic rings. The van der Waals surface area contributed by atoms with Gasteiger partial charge in [0.25, 0.3) is 11.8 Å². The van der Waals surface area contributed by atoms with Crippen LogP contribution in [0.25, 0.3) is 0 Å². The Hall–Kier alpha value is -2.74. The number of ether oxygens (including phenoxy) is 1. The molecule has 142 valence electrons. The topological polar surface area (TPSA) is 89.4 Å². The second-order valence-electron chi connectivity index (χ2n) is 7.10. The van der Waals surface area contributed by atoms with Crippen LogP contribution in [0.4, 0.5) is 0 Å². The number of carbonyl (C=O) groups is 2. The number of aryl methyl sites for hydroxylation is 1. The number of nitrogens with zero attached hydrogens (tertiary/aromatic N) is 4. The number of amides is 2. The van der Waals surface area contributed by atoms with Crippen LogP contribution < -0.4 is 5.32 Å². The summed E-state index contributed by atoms with van der Waals surface area (Å²) in [5, 5.41) is 2.66. The molecule has 1 N–H and O–H groups in total. The van der Waals surface area contributed by atoms with Crippen LogP contribution in [0.3, 0.4) is 0 Å². The van der Waals surface area contributed by atoms with E-state index in [2.05, 4.69) is 15.3 Å². The third kappa shape index (κ3) is 3.10. The molecule has 0 unspecified atom stereocenters. The van der Waals surface area contributed by atoms with Gasteiger partial charge in [-0.25, -0.2) is 4.98 Å². The number of aromatic nitrogens is 3. The van der Waals surface area contributed by atoms with Gasteiger partial charge in [0.1, 0.15) is 11.4 Å². The molecule has 8 nitrogen and oxygen atoms in total. The van der Waals surface area contributed by atoms with E-state index in [4.69, 9.17) is 4.74 Å². The number of pyridine rings is 1. The molecule has 1 saturated heterocycles. The van der Waals surface area contributed by atoms with Gasteiger partial charge in [0.05, 0.1) is 12.1 Å². The number of carbonyl (C=O) groups excluding carboxylic acids is 2. The molecule has 2 amide bonds. The van der Waals surface area contributed by atoms with Crippen LogP contribution in [0, 0.1) is 6.92 Å². The largest absolute Gasteiger partial charge is 0.357 e. The molecule has 0 saturated carbocycles. The lowest BCUT2D eigenvalue weighted by atomic mass is 9.88. The molecule has 8 heteroatoms. The Morgan fingerprint density at radius 3 is 2.70 bits per heavy atom. The van der Waals surface area contributed by atoms with E-state index < -0.39 is 11.7 Å². The smallest absolute Gasteiger partial charge is 0.255 e. The minimum Gasteiger partial charge on any atom is -0.357 e. The maximum absolute atomic E-state index is 12.8. The number of hydrogen-bond donors (Lipinski definition) is 1. The standard InChI is InChI=1S/C19H23N5O3/c1-13-3-4-14(11-22-13)17(26)23-8-5-19(6-9-23)18-21-7-10-24(18)12-15(27-19)16(25)20-2/h3-4,7,10-11,15H,5-6,8-9,12H2,1-2H3,(H,20,25)/t15-/m0/s1. The van der Waals surface area contributed by atoms with Crippen molar-refractivity contribution in [2.24, 2.45) is 0 Å². The quantitative estimate of drug-likeness (QED) is 0.848. The van der Waals surface area contributed by atoms with Crippen LogP contribution in [0.5, 0.6) is 0 Å². The fourth-order valence-electron chi connectivity index (χ4n) is 3.88. The average Bonchev–Trinajstić information content (AvgIpc) is 3.18. The molecule has 0 radical (unpaired) electrons. The molecule has 2 aliphatic heterocycles. The lowest BCUT2D eigenvalue weighted by molar-refractivity contribution is -0.171. The van der Waals surface area contributed by atoms with Gasteiger partial charge in [-0.1, -0.05) is 0 Å². The highest BCUT2D eigenvalue weighted by Gasteiger charge is 2.47. The van der Waals surface area contributed by atoms with Gasteiger partial charge in [-0.05, 0) is 19.1 Å². The van der Waals surface area contributed by atoms with Crippen LogP contribution in [0.1, 0.15) is 34.7 Å². The first-order valence-corrected chi connectivity index (χ1v) is 9.15. The molecule has 27 heavy (non-hydrogen) atoms. The molecule has 1 atom stereocenters. The van der Waals surface area contributed by atoms with E-state index in [-0.39, 0.29) is 11.8 Å². The maximum atomic E-state index is 12.8. The Labute approximate surface area is 157 Å². The lowest BCUT2D eigenvalue weighted by Crippen LogP contribution is -2.54. The van der Waals surface area contributed by atoms with E-state index in [1.165, 1.54) is 0 Å². The van der Waals surface area contributed by atoms with Crippen molar-refractivity contribution in [1.82, 2.24) is 24.8 Å². The summed E-state index contributed by atoms with van der Waals surface area (Å²) in [6, 6.07) is 3.65. The van der Waals surface area contributed by atoms with Gasteiger partial charge in [0, 0.05) is 57.3 Å². The van der Waals surface area contributed by atoms with E-state index >= 15 is 0 Å². The number of fused-ring (bicyclic) bond motifs is 2. The van der Waals surface area contributed by atoms with Crippen molar-refractivity contribution in [1.29, 1.82) is 0 Å². The van der Waals surface area contributed by atoms with E-state index in [0.717, 1.165) is 11.5 Å². The van der Waals surface area contributed by atoms with Gasteiger partial charge in [-0.3, -0.25) is 14.6 Å². The third-order valence-electron chi connectivity index (χ3n) is 5.41. The van der Waals surface area contributed by atoms with E-state index in [1.807, 2.05) is 28.7 Å². The molecule has 0 aromatic carbocycles. The minimum absolute atomic E-state index is 0.0284. The Bertz CT molecular complexity index is 852. The van der Waals surface area contributed by atoms with Gasteiger partial charge >= 0.3 is 0 Å². The number of hydrogen-bond acceptors (Lipinski definition) is 5. The van der Waals surface area contributed by atoms with Crippen LogP contribution in [-0.2, 0) is 21.7 Å². The first kappa shape index (κ1) is 17.7. The fourth-order valence-corrected chi connectivity index (χ4v) is 3.88. The van der Waals surface area contributed by atoms with Gasteiger partial charge in [-0.15, -0.1) is 0 Å². The summed E-state index contributed by atoms with van der Waals surface area (Å²) in [7, 11) is 1.61. The zero-order chi connectivity index (χ0) is 19.0. The lowest BCUT2D eigenvalue weighted by Gasteiger charge is -2.45. The highest BCUT2D eigenvalue weighted by molar-refractivity contribution is 5.94. The Kier molecular flexibility index (Phi) is 4.43. The van der Waals surface area contributed by atoms with Crippen molar-refractivity contribution in [3.63, 3.8) is 0 Å².